The van der Waals surface area contributed by atoms with Crippen molar-refractivity contribution in [1.29, 1.82) is 0 Å². The van der Waals surface area contributed by atoms with Crippen LogP contribution in [0.1, 0.15) is 138 Å². The number of nitrogens with zero attached hydrogens (tertiary/aromatic N) is 3. The maximum atomic E-state index is 12.9. The van der Waals surface area contributed by atoms with Crippen LogP contribution in [0.3, 0.4) is 0 Å². The molecule has 7 heteroatoms. The summed E-state index contributed by atoms with van der Waals surface area (Å²) < 4.78 is 5.83. The molecule has 0 aromatic carbocycles. The third kappa shape index (κ3) is 6.06. The topological polar surface area (TPSA) is 71.3 Å². The fraction of sp³-hybridized carbons (Fsp3) is 0.892. The van der Waals surface area contributed by atoms with E-state index in [4.69, 9.17) is 14.9 Å². The van der Waals surface area contributed by atoms with Crippen LogP contribution in [-0.2, 0) is 14.3 Å². The fourth-order valence-corrected chi connectivity index (χ4v) is 12.5. The predicted octanol–water partition coefficient (Wildman–Crippen LogP) is 8.88. The molecule has 0 bridgehead atoms. The average molecular weight is 626 g/mol. The van der Waals surface area contributed by atoms with Crippen LogP contribution in [0.2, 0.25) is 0 Å². The van der Waals surface area contributed by atoms with Crippen molar-refractivity contribution in [1.82, 2.24) is 4.90 Å². The van der Waals surface area contributed by atoms with Gasteiger partial charge in [-0.3, -0.25) is 14.5 Å². The second-order valence-corrected chi connectivity index (χ2v) is 17.6. The Balaban J connectivity index is 1.29. The second kappa shape index (κ2) is 13.0. The Morgan fingerprint density at radius 1 is 0.977 bits per heavy atom. The normalized spacial score (nSPS) is 41.7. The van der Waals surface area contributed by atoms with E-state index in [0.29, 0.717) is 23.0 Å². The highest BCUT2D eigenvalue weighted by Gasteiger charge is 2.62. The zero-order valence-corrected chi connectivity index (χ0v) is 29.3. The third-order valence-corrected chi connectivity index (χ3v) is 14.6. The number of esters is 1. The Labute approximate surface area is 271 Å². The lowest BCUT2D eigenvalue weighted by Gasteiger charge is -2.61. The van der Waals surface area contributed by atoms with E-state index in [1.165, 1.54) is 63.5 Å². The van der Waals surface area contributed by atoms with E-state index in [0.717, 1.165) is 67.4 Å². The predicted molar refractivity (Wildman–Crippen MR) is 180 cm³/mol. The quantitative estimate of drug-likeness (QED) is 0.200. The molecular formula is C37H59N3O3S. The maximum absolute atomic E-state index is 12.9. The van der Waals surface area contributed by atoms with Crippen molar-refractivity contribution in [3.8, 4) is 0 Å². The molecule has 5 aliphatic carbocycles. The molecule has 246 valence electrons. The Morgan fingerprint density at radius 2 is 1.70 bits per heavy atom. The van der Waals surface area contributed by atoms with E-state index in [9.17, 15) is 9.59 Å². The van der Waals surface area contributed by atoms with Gasteiger partial charge < -0.3 is 4.74 Å². The Hall–Kier alpha value is -1.37. The van der Waals surface area contributed by atoms with Crippen LogP contribution in [-0.4, -0.2) is 45.6 Å². The van der Waals surface area contributed by atoms with Gasteiger partial charge in [0.2, 0.25) is 5.91 Å². The molecule has 6 aliphatic rings. The summed E-state index contributed by atoms with van der Waals surface area (Å²) in [5.74, 6) is 5.30. The maximum Gasteiger partial charge on any atom is 0.302 e. The number of amidine groups is 1. The number of ether oxygens (including phenoxy) is 1. The molecule has 6 rings (SSSR count). The minimum absolute atomic E-state index is 0.0335. The molecule has 1 aliphatic heterocycles. The lowest BCUT2D eigenvalue weighted by Crippen LogP contribution is -2.57. The molecule has 6 nitrogen and oxygen atoms in total. The molecule has 0 spiro atoms. The smallest absolute Gasteiger partial charge is 0.302 e. The third-order valence-electron chi connectivity index (χ3n) is 13.7. The molecule has 0 radical (unpaired) electrons. The Bertz CT molecular complexity index is 1150. The van der Waals surface area contributed by atoms with Crippen LogP contribution >= 0.6 is 11.8 Å². The Kier molecular flexibility index (Phi) is 9.64. The van der Waals surface area contributed by atoms with E-state index in [1.54, 1.807) is 18.7 Å². The molecule has 1 amide bonds. The van der Waals surface area contributed by atoms with E-state index in [2.05, 4.69) is 34.6 Å². The van der Waals surface area contributed by atoms with E-state index >= 15 is 0 Å². The van der Waals surface area contributed by atoms with Crippen molar-refractivity contribution < 1.29 is 14.3 Å². The highest BCUT2D eigenvalue weighted by molar-refractivity contribution is 8.15. The van der Waals surface area contributed by atoms with Crippen molar-refractivity contribution in [2.45, 2.75) is 150 Å². The van der Waals surface area contributed by atoms with Gasteiger partial charge in [-0.15, -0.1) is 5.10 Å². The fourth-order valence-electron chi connectivity index (χ4n) is 11.6. The van der Waals surface area contributed by atoms with Crippen LogP contribution in [0.4, 0.5) is 0 Å². The van der Waals surface area contributed by atoms with Gasteiger partial charge in [-0.05, 0) is 111 Å². The molecule has 9 atom stereocenters. The van der Waals surface area contributed by atoms with Crippen LogP contribution in [0, 0.1) is 52.3 Å². The SMILES string of the molecule is CC(=O)OC1CCC2(C)C(C1)/C(=N/N=C1/SCC(=O)N1C1CCCC1)CC1C2CCC2(C)C(C(C)CCCC(C)C)CCC12. The van der Waals surface area contributed by atoms with Crippen molar-refractivity contribution in [3.05, 3.63) is 0 Å². The first-order valence-corrected chi connectivity index (χ1v) is 19.3. The molecule has 0 aromatic heterocycles. The van der Waals surface area contributed by atoms with Crippen molar-refractivity contribution in [3.63, 3.8) is 0 Å². The zero-order chi connectivity index (χ0) is 31.2. The molecule has 9 unspecified atom stereocenters. The highest BCUT2D eigenvalue weighted by Crippen LogP contribution is 2.68. The molecule has 44 heavy (non-hydrogen) atoms. The molecule has 0 N–H and O–H groups in total. The number of hydrogen-bond acceptors (Lipinski definition) is 6. The van der Waals surface area contributed by atoms with Gasteiger partial charge in [-0.2, -0.15) is 5.10 Å². The standard InChI is InChI=1S/C37H59N3O3S/c1-23(2)10-9-11-24(3)29-14-15-30-28-21-33(38-39-35-40(34(42)22-44-35)26-12-7-8-13-26)32-20-27(43-25(4)41)16-18-37(32,6)31(28)17-19-36(29,30)5/h23-24,26-32H,7-22H2,1-6H3/b38-33+,39-35+. The first-order valence-electron chi connectivity index (χ1n) is 18.3. The average Bonchev–Trinajstić information content (AvgIpc) is 3.70. The van der Waals surface area contributed by atoms with Gasteiger partial charge in [0.05, 0.1) is 5.75 Å². The van der Waals surface area contributed by atoms with Gasteiger partial charge in [0.25, 0.3) is 0 Å². The number of carbonyl (C=O) groups is 2. The van der Waals surface area contributed by atoms with E-state index in [-0.39, 0.29) is 35.4 Å². The van der Waals surface area contributed by atoms with Gasteiger partial charge in [0, 0.05) is 24.6 Å². The summed E-state index contributed by atoms with van der Waals surface area (Å²) in [5, 5.41) is 10.9. The van der Waals surface area contributed by atoms with Gasteiger partial charge in [-0.25, -0.2) is 0 Å². The molecule has 6 fully saturated rings. The molecule has 5 saturated carbocycles. The summed E-state index contributed by atoms with van der Waals surface area (Å²) in [4.78, 5) is 26.9. The lowest BCUT2D eigenvalue weighted by molar-refractivity contribution is -0.153. The number of fused-ring (bicyclic) bond motifs is 5. The van der Waals surface area contributed by atoms with Gasteiger partial charge >= 0.3 is 5.97 Å². The first kappa shape index (κ1) is 32.6. The summed E-state index contributed by atoms with van der Waals surface area (Å²) in [6, 6.07) is 0.289. The lowest BCUT2D eigenvalue weighted by atomic mass is 9.44. The minimum Gasteiger partial charge on any atom is -0.463 e. The summed E-state index contributed by atoms with van der Waals surface area (Å²) in [7, 11) is 0. The van der Waals surface area contributed by atoms with Crippen LogP contribution in [0.5, 0.6) is 0 Å². The Morgan fingerprint density at radius 3 is 2.43 bits per heavy atom. The van der Waals surface area contributed by atoms with Crippen LogP contribution in [0.15, 0.2) is 10.2 Å². The number of carbonyl (C=O) groups excluding carboxylic acids is 2. The van der Waals surface area contributed by atoms with Crippen molar-refractivity contribution in [2.24, 2.45) is 62.5 Å². The summed E-state index contributed by atoms with van der Waals surface area (Å²) >= 11 is 1.57. The second-order valence-electron chi connectivity index (χ2n) is 16.6. The van der Waals surface area contributed by atoms with Gasteiger partial charge in [0.15, 0.2) is 5.17 Å². The summed E-state index contributed by atoms with van der Waals surface area (Å²) in [6.07, 6.45) is 17.9. The molecule has 0 aromatic rings. The van der Waals surface area contributed by atoms with Crippen LogP contribution < -0.4 is 0 Å². The van der Waals surface area contributed by atoms with Crippen LogP contribution in [0.25, 0.3) is 0 Å². The molecular weight excluding hydrogens is 566 g/mol. The monoisotopic (exact) mass is 625 g/mol. The van der Waals surface area contributed by atoms with Crippen molar-refractivity contribution >= 4 is 34.5 Å². The number of hydrogen-bond donors (Lipinski definition) is 0. The van der Waals surface area contributed by atoms with E-state index in [1.807, 2.05) is 4.90 Å². The zero-order valence-electron chi connectivity index (χ0n) is 28.5. The minimum atomic E-state index is -0.174. The molecule has 1 heterocycles. The summed E-state index contributed by atoms with van der Waals surface area (Å²) in [5.41, 5.74) is 1.80. The van der Waals surface area contributed by atoms with Gasteiger partial charge in [-0.1, -0.05) is 78.5 Å². The highest BCUT2D eigenvalue weighted by atomic mass is 32.2. The first-order chi connectivity index (χ1) is 21.0. The number of rotatable bonds is 8. The number of thioether (sulfide) groups is 1. The molecule has 1 saturated heterocycles. The van der Waals surface area contributed by atoms with Crippen molar-refractivity contribution in [2.75, 3.05) is 5.75 Å². The summed E-state index contributed by atoms with van der Waals surface area (Å²) in [6.45, 7) is 14.0. The van der Waals surface area contributed by atoms with Gasteiger partial charge in [0.1, 0.15) is 6.10 Å². The largest absolute Gasteiger partial charge is 0.463 e. The van der Waals surface area contributed by atoms with E-state index < -0.39 is 0 Å². The number of amides is 1.